The molecule has 0 saturated carbocycles. The molecule has 2 N–H and O–H groups in total. The van der Waals surface area contributed by atoms with Crippen LogP contribution in [0, 0.1) is 0 Å². The van der Waals surface area contributed by atoms with E-state index in [1.165, 1.54) is 0 Å². The summed E-state index contributed by atoms with van der Waals surface area (Å²) in [5.41, 5.74) is 1.52. The van der Waals surface area contributed by atoms with Crippen molar-refractivity contribution in [2.75, 3.05) is 25.5 Å². The molecule has 0 saturated heterocycles. The lowest BCUT2D eigenvalue weighted by Gasteiger charge is -2.30. The highest BCUT2D eigenvalue weighted by molar-refractivity contribution is 5.95. The van der Waals surface area contributed by atoms with Crippen molar-refractivity contribution in [2.45, 2.75) is 46.1 Å². The smallest absolute Gasteiger partial charge is 0.254 e. The van der Waals surface area contributed by atoms with Crippen LogP contribution in [-0.2, 0) is 6.42 Å². The van der Waals surface area contributed by atoms with Crippen LogP contribution < -0.4 is 5.32 Å². The summed E-state index contributed by atoms with van der Waals surface area (Å²) in [5.74, 6) is 0.664. The second-order valence-electron chi connectivity index (χ2n) is 5.03. The minimum absolute atomic E-state index is 0.0210. The Labute approximate surface area is 127 Å². The summed E-state index contributed by atoms with van der Waals surface area (Å²) < 4.78 is 0. The number of hydrogen-bond acceptors (Lipinski definition) is 4. The van der Waals surface area contributed by atoms with Gasteiger partial charge in [0.25, 0.3) is 5.91 Å². The Morgan fingerprint density at radius 3 is 2.48 bits per heavy atom. The fourth-order valence-corrected chi connectivity index (χ4v) is 2.47. The third-order valence-electron chi connectivity index (χ3n) is 3.73. The van der Waals surface area contributed by atoms with Gasteiger partial charge in [0.1, 0.15) is 5.82 Å². The van der Waals surface area contributed by atoms with Gasteiger partial charge in [0.2, 0.25) is 0 Å². The van der Waals surface area contributed by atoms with Crippen molar-refractivity contribution in [3.05, 3.63) is 23.4 Å². The number of aromatic nitrogens is 1. The Hall–Kier alpha value is -1.62. The van der Waals surface area contributed by atoms with Crippen molar-refractivity contribution in [1.82, 2.24) is 9.88 Å². The van der Waals surface area contributed by atoms with Crippen LogP contribution in [0.2, 0.25) is 0 Å². The van der Waals surface area contributed by atoms with E-state index in [4.69, 9.17) is 0 Å². The predicted molar refractivity (Wildman–Crippen MR) is 85.7 cm³/mol. The summed E-state index contributed by atoms with van der Waals surface area (Å²) in [4.78, 5) is 19.0. The molecule has 1 aromatic heterocycles. The maximum absolute atomic E-state index is 12.8. The Balaban J connectivity index is 3.13. The molecular weight excluding hydrogens is 266 g/mol. The van der Waals surface area contributed by atoms with E-state index in [-0.39, 0.29) is 18.6 Å². The van der Waals surface area contributed by atoms with E-state index in [0.717, 1.165) is 25.0 Å². The molecule has 0 aromatic carbocycles. The van der Waals surface area contributed by atoms with Crippen LogP contribution in [0.15, 0.2) is 12.1 Å². The third kappa shape index (κ3) is 4.43. The van der Waals surface area contributed by atoms with Crippen LogP contribution in [-0.4, -0.2) is 47.1 Å². The second-order valence-corrected chi connectivity index (χ2v) is 5.03. The number of carbonyl (C=O) groups is 1. The van der Waals surface area contributed by atoms with Crippen molar-refractivity contribution >= 4 is 11.7 Å². The lowest BCUT2D eigenvalue weighted by atomic mass is 10.1. The lowest BCUT2D eigenvalue weighted by molar-refractivity contribution is 0.0622. The van der Waals surface area contributed by atoms with E-state index in [2.05, 4.69) is 24.1 Å². The van der Waals surface area contributed by atoms with Crippen LogP contribution in [0.1, 0.15) is 49.7 Å². The van der Waals surface area contributed by atoms with Gasteiger partial charge in [-0.15, -0.1) is 0 Å². The van der Waals surface area contributed by atoms with Gasteiger partial charge in [0.05, 0.1) is 6.61 Å². The highest BCUT2D eigenvalue weighted by Crippen LogP contribution is 2.17. The lowest BCUT2D eigenvalue weighted by Crippen LogP contribution is -2.41. The monoisotopic (exact) mass is 293 g/mol. The van der Waals surface area contributed by atoms with Gasteiger partial charge in [-0.25, -0.2) is 4.98 Å². The molecule has 0 fully saturated rings. The standard InChI is InChI=1S/C16H27N3O2/c1-5-13-10-12(11-15(17-4)18-13)16(21)19(8-9-20)14(6-2)7-3/h10-11,14,20H,5-9H2,1-4H3,(H,17,18). The average molecular weight is 293 g/mol. The molecule has 0 aliphatic carbocycles. The first-order valence-electron chi connectivity index (χ1n) is 7.71. The molecule has 0 atom stereocenters. The number of aryl methyl sites for hydroxylation is 1. The fourth-order valence-electron chi connectivity index (χ4n) is 2.47. The Morgan fingerprint density at radius 2 is 2.00 bits per heavy atom. The maximum atomic E-state index is 12.8. The molecule has 1 heterocycles. The summed E-state index contributed by atoms with van der Waals surface area (Å²) in [6.45, 7) is 6.49. The Kier molecular flexibility index (Phi) is 7.15. The van der Waals surface area contributed by atoms with E-state index >= 15 is 0 Å². The van der Waals surface area contributed by atoms with Crippen LogP contribution in [0.4, 0.5) is 5.82 Å². The molecule has 0 aliphatic rings. The second kappa shape index (κ2) is 8.62. The Morgan fingerprint density at radius 1 is 1.33 bits per heavy atom. The van der Waals surface area contributed by atoms with E-state index in [9.17, 15) is 9.90 Å². The SMILES string of the molecule is CCc1cc(C(=O)N(CCO)C(CC)CC)cc(NC)n1. The van der Waals surface area contributed by atoms with Gasteiger partial charge >= 0.3 is 0 Å². The van der Waals surface area contributed by atoms with Crippen molar-refractivity contribution in [3.8, 4) is 0 Å². The molecule has 5 nitrogen and oxygen atoms in total. The van der Waals surface area contributed by atoms with Gasteiger partial charge in [0, 0.05) is 30.9 Å². The number of anilines is 1. The highest BCUT2D eigenvalue weighted by Gasteiger charge is 2.22. The minimum atomic E-state index is -0.0358. The van der Waals surface area contributed by atoms with Crippen LogP contribution in [0.3, 0.4) is 0 Å². The number of hydrogen-bond donors (Lipinski definition) is 2. The molecule has 1 aromatic rings. The third-order valence-corrected chi connectivity index (χ3v) is 3.73. The number of aliphatic hydroxyl groups excluding tert-OH is 1. The van der Waals surface area contributed by atoms with Crippen LogP contribution in [0.25, 0.3) is 0 Å². The largest absolute Gasteiger partial charge is 0.395 e. The van der Waals surface area contributed by atoms with Gasteiger partial charge in [-0.2, -0.15) is 0 Å². The number of aliphatic hydroxyl groups is 1. The molecule has 1 amide bonds. The first kappa shape index (κ1) is 17.4. The van der Waals surface area contributed by atoms with E-state index in [1.54, 1.807) is 18.0 Å². The molecule has 0 unspecified atom stereocenters. The maximum Gasteiger partial charge on any atom is 0.254 e. The van der Waals surface area contributed by atoms with E-state index < -0.39 is 0 Å². The molecule has 1 rings (SSSR count). The van der Waals surface area contributed by atoms with Crippen molar-refractivity contribution < 1.29 is 9.90 Å². The normalized spacial score (nSPS) is 10.8. The van der Waals surface area contributed by atoms with Gasteiger partial charge in [0.15, 0.2) is 0 Å². The summed E-state index contributed by atoms with van der Waals surface area (Å²) in [7, 11) is 1.79. The summed E-state index contributed by atoms with van der Waals surface area (Å²) in [5, 5.41) is 12.2. The van der Waals surface area contributed by atoms with Crippen LogP contribution >= 0.6 is 0 Å². The zero-order valence-electron chi connectivity index (χ0n) is 13.5. The van der Waals surface area contributed by atoms with E-state index in [1.807, 2.05) is 13.0 Å². The molecule has 118 valence electrons. The first-order valence-corrected chi connectivity index (χ1v) is 7.71. The number of carbonyl (C=O) groups excluding carboxylic acids is 1. The summed E-state index contributed by atoms with van der Waals surface area (Å²) >= 11 is 0. The quantitative estimate of drug-likeness (QED) is 0.772. The Bertz CT molecular complexity index is 437. The van der Waals surface area contributed by atoms with Crippen molar-refractivity contribution in [2.24, 2.45) is 0 Å². The van der Waals surface area contributed by atoms with Crippen molar-refractivity contribution in [1.29, 1.82) is 0 Å². The number of nitrogens with one attached hydrogen (secondary N) is 1. The zero-order valence-corrected chi connectivity index (χ0v) is 13.5. The minimum Gasteiger partial charge on any atom is -0.395 e. The fraction of sp³-hybridized carbons (Fsp3) is 0.625. The highest BCUT2D eigenvalue weighted by atomic mass is 16.3. The first-order chi connectivity index (χ1) is 10.1. The number of nitrogens with zero attached hydrogens (tertiary/aromatic N) is 2. The molecule has 0 spiro atoms. The van der Waals surface area contributed by atoms with Gasteiger partial charge in [-0.1, -0.05) is 20.8 Å². The van der Waals surface area contributed by atoms with Gasteiger partial charge < -0.3 is 15.3 Å². The predicted octanol–water partition coefficient (Wildman–Crippen LogP) is 2.31. The van der Waals surface area contributed by atoms with Crippen LogP contribution in [0.5, 0.6) is 0 Å². The molecule has 5 heteroatoms. The summed E-state index contributed by atoms with van der Waals surface area (Å²) in [6.07, 6.45) is 2.54. The number of rotatable bonds is 8. The zero-order chi connectivity index (χ0) is 15.8. The topological polar surface area (TPSA) is 65.5 Å². The van der Waals surface area contributed by atoms with Crippen molar-refractivity contribution in [3.63, 3.8) is 0 Å². The molecular formula is C16H27N3O2. The molecule has 0 bridgehead atoms. The molecule has 0 aliphatic heterocycles. The van der Waals surface area contributed by atoms with Gasteiger partial charge in [-0.3, -0.25) is 4.79 Å². The van der Waals surface area contributed by atoms with Gasteiger partial charge in [-0.05, 0) is 31.4 Å². The number of pyridine rings is 1. The molecule has 21 heavy (non-hydrogen) atoms. The molecule has 0 radical (unpaired) electrons. The van der Waals surface area contributed by atoms with E-state index in [0.29, 0.717) is 17.9 Å². The number of amides is 1. The average Bonchev–Trinajstić information content (AvgIpc) is 2.53. The summed E-state index contributed by atoms with van der Waals surface area (Å²) in [6, 6.07) is 3.77.